The highest BCUT2D eigenvalue weighted by atomic mass is 32.2. The van der Waals surface area contributed by atoms with Crippen LogP contribution in [-0.2, 0) is 52.7 Å². The van der Waals surface area contributed by atoms with Gasteiger partial charge in [0.05, 0.1) is 41.8 Å². The van der Waals surface area contributed by atoms with Crippen molar-refractivity contribution in [3.63, 3.8) is 0 Å². The van der Waals surface area contributed by atoms with Crippen LogP contribution in [-0.4, -0.2) is 86.0 Å². The van der Waals surface area contributed by atoms with Gasteiger partial charge in [0.15, 0.2) is 0 Å². The molecule has 3 rings (SSSR count). The average Bonchev–Trinajstić information content (AvgIpc) is 3.25. The summed E-state index contributed by atoms with van der Waals surface area (Å²) < 4.78 is 86.5. The average molecular weight is 760 g/mol. The van der Waals surface area contributed by atoms with Crippen LogP contribution in [0.4, 0.5) is 4.79 Å². The Bertz CT molecular complexity index is 1810. The number of carbonyl (C=O) groups excluding carboxylic acids is 3. The number of hydrogen-bond acceptors (Lipinski definition) is 13. The molecule has 2 aromatic carbocycles. The van der Waals surface area contributed by atoms with Gasteiger partial charge in [-0.1, -0.05) is 35.4 Å². The maximum Gasteiger partial charge on any atom is 0.455 e. The SMILES string of the molecule is CCO[P+](OCC)(OCC)/C(=C(\O)OC(C)C)C1(C(=O)OC(C)C)C(=O)N(S(=O)(=O)c2ccc(C)cc2)C(=O)N1S(=O)(=O)c1ccc(C)cc1. The summed E-state index contributed by atoms with van der Waals surface area (Å²) in [7, 11) is -15.2. The summed E-state index contributed by atoms with van der Waals surface area (Å²) >= 11 is 0. The van der Waals surface area contributed by atoms with E-state index in [2.05, 4.69) is 0 Å². The van der Waals surface area contributed by atoms with Gasteiger partial charge in [-0.05, 0) is 86.6 Å². The number of rotatable bonds is 16. The van der Waals surface area contributed by atoms with E-state index in [1.165, 1.54) is 72.7 Å². The van der Waals surface area contributed by atoms with Gasteiger partial charge in [-0.25, -0.2) is 26.4 Å². The Balaban J connectivity index is 2.73. The fraction of sp³-hybridized carbons (Fsp3) is 0.469. The number of urea groups is 1. The van der Waals surface area contributed by atoms with Gasteiger partial charge in [-0.2, -0.15) is 17.9 Å². The third kappa shape index (κ3) is 7.39. The number of sulfonamides is 2. The first-order chi connectivity index (χ1) is 23.3. The standard InChI is InChI=1S/C32H43N2O13PS2/c1-10-43-48(44-11-2,45-12-3)27(28(35)46-21(4)5)32(30(37)47-22(6)7)29(36)33(49(39,40)25-17-13-23(8)14-18-25)31(38)34(32)50(41,42)26-19-15-24(9)16-20-26/h13-22H,10-12H2,1-9H3/p+1/b28-27+. The van der Waals surface area contributed by atoms with E-state index in [-0.39, 0.29) is 28.4 Å². The second-order valence-electron chi connectivity index (χ2n) is 11.5. The molecule has 1 aliphatic rings. The molecule has 1 atom stereocenters. The lowest BCUT2D eigenvalue weighted by Gasteiger charge is -2.35. The minimum absolute atomic E-state index is 0.218. The molecule has 0 aliphatic carbocycles. The number of carbonyl (C=O) groups is 3. The molecule has 50 heavy (non-hydrogen) atoms. The number of hydrogen-bond donors (Lipinski definition) is 1. The number of aliphatic hydroxyl groups excluding tert-OH is 1. The minimum Gasteiger partial charge on any atom is -0.478 e. The van der Waals surface area contributed by atoms with Crippen LogP contribution < -0.4 is 0 Å². The Morgan fingerprint density at radius 1 is 0.740 bits per heavy atom. The van der Waals surface area contributed by atoms with Gasteiger partial charge < -0.3 is 14.6 Å². The van der Waals surface area contributed by atoms with Crippen LogP contribution in [0, 0.1) is 13.8 Å². The molecular formula is C32H44N2O13PS2+. The Hall–Kier alpha value is -3.60. The number of aliphatic hydroxyl groups is 1. The van der Waals surface area contributed by atoms with Crippen LogP contribution >= 0.6 is 7.94 Å². The molecule has 0 radical (unpaired) electrons. The summed E-state index contributed by atoms with van der Waals surface area (Å²) in [5.74, 6) is -4.99. The van der Waals surface area contributed by atoms with E-state index >= 15 is 4.79 Å². The summed E-state index contributed by atoms with van der Waals surface area (Å²) in [4.78, 5) is 43.4. The zero-order chi connectivity index (χ0) is 37.8. The lowest BCUT2D eigenvalue weighted by molar-refractivity contribution is -0.159. The first-order valence-corrected chi connectivity index (χ1v) is 20.2. The largest absolute Gasteiger partial charge is 0.478 e. The van der Waals surface area contributed by atoms with Crippen molar-refractivity contribution in [3.8, 4) is 0 Å². The highest BCUT2D eigenvalue weighted by Gasteiger charge is 2.81. The number of aryl methyl sites for hydroxylation is 2. The maximum absolute atomic E-state index is 15.2. The van der Waals surface area contributed by atoms with Crippen LogP contribution in [0.2, 0.25) is 0 Å². The maximum atomic E-state index is 15.2. The Morgan fingerprint density at radius 3 is 1.52 bits per heavy atom. The topological polar surface area (TPSA) is 192 Å². The molecule has 1 heterocycles. The van der Waals surface area contributed by atoms with Crippen LogP contribution in [0.15, 0.2) is 69.6 Å². The van der Waals surface area contributed by atoms with E-state index in [1.807, 2.05) is 0 Å². The fourth-order valence-corrected chi connectivity index (χ4v) is 10.6. The molecule has 1 unspecified atom stereocenters. The molecular weight excluding hydrogens is 715 g/mol. The third-order valence-electron chi connectivity index (χ3n) is 6.97. The fourth-order valence-electron chi connectivity index (χ4n) is 5.00. The lowest BCUT2D eigenvalue weighted by atomic mass is 9.99. The first kappa shape index (κ1) is 40.8. The molecule has 276 valence electrons. The van der Waals surface area contributed by atoms with Crippen molar-refractivity contribution in [2.75, 3.05) is 19.8 Å². The Labute approximate surface area is 293 Å². The van der Waals surface area contributed by atoms with Gasteiger partial charge in [0.1, 0.15) is 0 Å². The van der Waals surface area contributed by atoms with Crippen molar-refractivity contribution >= 4 is 45.9 Å². The van der Waals surface area contributed by atoms with Crippen molar-refractivity contribution < 1.29 is 59.4 Å². The second kappa shape index (κ2) is 15.7. The quantitative estimate of drug-likeness (QED) is 0.0757. The summed E-state index contributed by atoms with van der Waals surface area (Å²) in [6.45, 7) is 12.7. The van der Waals surface area contributed by atoms with Gasteiger partial charge >= 0.3 is 31.4 Å². The molecule has 2 aromatic rings. The predicted molar refractivity (Wildman–Crippen MR) is 182 cm³/mol. The molecule has 0 aromatic heterocycles. The molecule has 3 amide bonds. The smallest absolute Gasteiger partial charge is 0.455 e. The molecule has 0 bridgehead atoms. The van der Waals surface area contributed by atoms with E-state index in [0.29, 0.717) is 11.1 Å². The predicted octanol–water partition coefficient (Wildman–Crippen LogP) is 5.36. The van der Waals surface area contributed by atoms with E-state index < -0.39 is 84.7 Å². The van der Waals surface area contributed by atoms with Crippen LogP contribution in [0.1, 0.15) is 59.6 Å². The summed E-state index contributed by atoms with van der Waals surface area (Å²) in [6.07, 6.45) is -1.99. The molecule has 1 aliphatic heterocycles. The van der Waals surface area contributed by atoms with Crippen molar-refractivity contribution in [1.82, 2.24) is 8.61 Å². The highest BCUT2D eigenvalue weighted by molar-refractivity contribution is 7.91. The van der Waals surface area contributed by atoms with E-state index in [0.717, 1.165) is 24.3 Å². The van der Waals surface area contributed by atoms with Crippen LogP contribution in [0.25, 0.3) is 0 Å². The zero-order valence-corrected chi connectivity index (χ0v) is 31.9. The highest BCUT2D eigenvalue weighted by Crippen LogP contribution is 2.73. The Kier molecular flexibility index (Phi) is 12.9. The number of amides is 3. The minimum atomic E-state index is -5.41. The van der Waals surface area contributed by atoms with E-state index in [9.17, 15) is 31.5 Å². The zero-order valence-electron chi connectivity index (χ0n) is 29.4. The van der Waals surface area contributed by atoms with E-state index in [4.69, 9.17) is 23.0 Å². The number of benzene rings is 2. The third-order valence-corrected chi connectivity index (χ3v) is 13.3. The summed E-state index contributed by atoms with van der Waals surface area (Å²) in [5, 5.41) is 10.7. The molecule has 0 saturated carbocycles. The number of nitrogens with zero attached hydrogens (tertiary/aromatic N) is 2. The Morgan fingerprint density at radius 2 is 1.14 bits per heavy atom. The molecule has 15 nitrogen and oxygen atoms in total. The van der Waals surface area contributed by atoms with Crippen molar-refractivity contribution in [1.29, 1.82) is 0 Å². The first-order valence-electron chi connectivity index (χ1n) is 15.8. The monoisotopic (exact) mass is 759 g/mol. The van der Waals surface area contributed by atoms with E-state index in [1.54, 1.807) is 13.8 Å². The molecule has 1 N–H and O–H groups in total. The van der Waals surface area contributed by atoms with Crippen molar-refractivity contribution in [2.45, 2.75) is 89.9 Å². The number of esters is 1. The number of ether oxygens (including phenoxy) is 2. The normalized spacial score (nSPS) is 17.8. The second-order valence-corrected chi connectivity index (χ2v) is 17.3. The van der Waals surface area contributed by atoms with Crippen molar-refractivity contribution in [2.24, 2.45) is 0 Å². The van der Waals surface area contributed by atoms with Gasteiger partial charge in [0.25, 0.3) is 31.3 Å². The molecule has 1 saturated heterocycles. The van der Waals surface area contributed by atoms with Gasteiger partial charge in [0, 0.05) is 0 Å². The van der Waals surface area contributed by atoms with Crippen LogP contribution in [0.3, 0.4) is 0 Å². The number of imide groups is 1. The van der Waals surface area contributed by atoms with Crippen molar-refractivity contribution in [3.05, 3.63) is 70.9 Å². The molecule has 0 spiro atoms. The lowest BCUT2D eigenvalue weighted by Crippen LogP contribution is -2.61. The molecule has 1 fully saturated rings. The van der Waals surface area contributed by atoms with Crippen LogP contribution in [0.5, 0.6) is 0 Å². The molecule has 18 heteroatoms. The van der Waals surface area contributed by atoms with Gasteiger partial charge in [0.2, 0.25) is 0 Å². The van der Waals surface area contributed by atoms with Gasteiger partial charge in [-0.3, -0.25) is 4.79 Å². The van der Waals surface area contributed by atoms with Gasteiger partial charge in [-0.15, -0.1) is 4.31 Å². The summed E-state index contributed by atoms with van der Waals surface area (Å²) in [5.41, 5.74) is -2.46. The summed E-state index contributed by atoms with van der Waals surface area (Å²) in [6, 6.07) is 7.98.